The third-order valence-corrected chi connectivity index (χ3v) is 4.64. The van der Waals surface area contributed by atoms with Crippen LogP contribution in [0.3, 0.4) is 0 Å². The van der Waals surface area contributed by atoms with Gasteiger partial charge >= 0.3 is 0 Å². The van der Waals surface area contributed by atoms with Crippen LogP contribution < -0.4 is 10.6 Å². The molecule has 0 aliphatic heterocycles. The molecule has 1 atom stereocenters. The van der Waals surface area contributed by atoms with E-state index in [0.29, 0.717) is 5.69 Å². The molecule has 1 heterocycles. The highest BCUT2D eigenvalue weighted by molar-refractivity contribution is 7.86. The fourth-order valence-electron chi connectivity index (χ4n) is 2.53. The Labute approximate surface area is 149 Å². The maximum absolute atomic E-state index is 12.1. The molecule has 6 nitrogen and oxygen atoms in total. The summed E-state index contributed by atoms with van der Waals surface area (Å²) in [5.74, 6) is -1.26. The fraction of sp³-hybridized carbons (Fsp3) is 0.278. The van der Waals surface area contributed by atoms with Crippen LogP contribution in [0.5, 0.6) is 0 Å². The van der Waals surface area contributed by atoms with Crippen LogP contribution in [0.4, 0.5) is 11.4 Å². The lowest BCUT2D eigenvalue weighted by Gasteiger charge is -2.12. The Balaban J connectivity index is 1.88. The van der Waals surface area contributed by atoms with Gasteiger partial charge in [0.15, 0.2) is 0 Å². The van der Waals surface area contributed by atoms with Gasteiger partial charge in [0.2, 0.25) is 11.8 Å². The van der Waals surface area contributed by atoms with Crippen molar-refractivity contribution in [1.82, 2.24) is 4.98 Å². The molecule has 0 radical (unpaired) electrons. The van der Waals surface area contributed by atoms with E-state index < -0.39 is 16.7 Å². The highest BCUT2D eigenvalue weighted by Crippen LogP contribution is 2.21. The van der Waals surface area contributed by atoms with Gasteiger partial charge in [-0.05, 0) is 44.0 Å². The van der Waals surface area contributed by atoms with Crippen LogP contribution in [0.25, 0.3) is 0 Å². The van der Waals surface area contributed by atoms with Crippen molar-refractivity contribution in [3.05, 3.63) is 53.3 Å². The summed E-state index contributed by atoms with van der Waals surface area (Å²) >= 11 is 0. The van der Waals surface area contributed by atoms with Gasteiger partial charge in [-0.1, -0.05) is 17.7 Å². The Hall–Kier alpha value is -2.54. The molecule has 2 rings (SSSR count). The SMILES string of the molecule is Cc1cc(C)c(NC(=O)C[S@@](=O)CC(=O)Nc2cccnc2)c(C)c1. The summed E-state index contributed by atoms with van der Waals surface area (Å²) < 4.78 is 12.0. The molecule has 0 spiro atoms. The van der Waals surface area contributed by atoms with E-state index in [1.165, 1.54) is 6.20 Å². The molecule has 7 heteroatoms. The number of amides is 2. The summed E-state index contributed by atoms with van der Waals surface area (Å²) in [5, 5.41) is 5.38. The van der Waals surface area contributed by atoms with E-state index in [-0.39, 0.29) is 17.4 Å². The molecule has 0 aliphatic rings. The summed E-state index contributed by atoms with van der Waals surface area (Å²) in [4.78, 5) is 27.8. The van der Waals surface area contributed by atoms with Crippen molar-refractivity contribution in [1.29, 1.82) is 0 Å². The number of hydrogen-bond donors (Lipinski definition) is 2. The number of aromatic nitrogens is 1. The maximum Gasteiger partial charge on any atom is 0.237 e. The molecule has 0 fully saturated rings. The van der Waals surface area contributed by atoms with Crippen LogP contribution in [0.2, 0.25) is 0 Å². The lowest BCUT2D eigenvalue weighted by Crippen LogP contribution is -2.26. The number of carbonyl (C=O) groups excluding carboxylic acids is 2. The summed E-state index contributed by atoms with van der Waals surface area (Å²) in [6.45, 7) is 5.81. The number of aryl methyl sites for hydroxylation is 3. The van der Waals surface area contributed by atoms with Crippen LogP contribution in [-0.4, -0.2) is 32.5 Å². The first-order chi connectivity index (χ1) is 11.8. The molecule has 0 aliphatic carbocycles. The minimum absolute atomic E-state index is 0.229. The molecular formula is C18H21N3O3S. The van der Waals surface area contributed by atoms with Gasteiger partial charge < -0.3 is 10.6 Å². The average molecular weight is 359 g/mol. The number of hydrogen-bond acceptors (Lipinski definition) is 4. The zero-order valence-electron chi connectivity index (χ0n) is 14.5. The zero-order chi connectivity index (χ0) is 18.4. The third-order valence-electron chi connectivity index (χ3n) is 3.47. The second-order valence-corrected chi connectivity index (χ2v) is 7.30. The predicted molar refractivity (Wildman–Crippen MR) is 100 cm³/mol. The summed E-state index contributed by atoms with van der Waals surface area (Å²) in [7, 11) is -1.59. The molecule has 2 amide bonds. The second-order valence-electron chi connectivity index (χ2n) is 5.84. The number of benzene rings is 1. The van der Waals surface area contributed by atoms with Gasteiger partial charge in [-0.15, -0.1) is 0 Å². The van der Waals surface area contributed by atoms with E-state index in [1.54, 1.807) is 18.3 Å². The van der Waals surface area contributed by atoms with Crippen molar-refractivity contribution in [2.45, 2.75) is 20.8 Å². The highest BCUT2D eigenvalue weighted by Gasteiger charge is 2.14. The summed E-state index contributed by atoms with van der Waals surface area (Å²) in [6.07, 6.45) is 3.09. The van der Waals surface area contributed by atoms with Crippen molar-refractivity contribution >= 4 is 34.0 Å². The average Bonchev–Trinajstić information content (AvgIpc) is 2.51. The quantitative estimate of drug-likeness (QED) is 0.828. The molecule has 0 saturated carbocycles. The van der Waals surface area contributed by atoms with Crippen molar-refractivity contribution in [2.24, 2.45) is 0 Å². The number of rotatable bonds is 6. The van der Waals surface area contributed by atoms with Crippen molar-refractivity contribution in [3.8, 4) is 0 Å². The molecule has 1 aromatic heterocycles. The normalized spacial score (nSPS) is 11.6. The lowest BCUT2D eigenvalue weighted by atomic mass is 10.1. The Kier molecular flexibility index (Phi) is 6.41. The van der Waals surface area contributed by atoms with E-state index in [0.717, 1.165) is 22.4 Å². The van der Waals surface area contributed by atoms with Gasteiger partial charge in [0.05, 0.1) is 11.9 Å². The van der Waals surface area contributed by atoms with Gasteiger partial charge in [0, 0.05) is 22.7 Å². The Bertz CT molecular complexity index is 783. The van der Waals surface area contributed by atoms with Gasteiger partial charge in [-0.3, -0.25) is 18.8 Å². The molecule has 1 aromatic carbocycles. The van der Waals surface area contributed by atoms with Crippen LogP contribution in [0.15, 0.2) is 36.7 Å². The summed E-state index contributed by atoms with van der Waals surface area (Å²) in [5.41, 5.74) is 4.27. The fourth-order valence-corrected chi connectivity index (χ4v) is 3.36. The molecule has 25 heavy (non-hydrogen) atoms. The first-order valence-electron chi connectivity index (χ1n) is 7.77. The van der Waals surface area contributed by atoms with Crippen molar-refractivity contribution < 1.29 is 13.8 Å². The summed E-state index contributed by atoms with van der Waals surface area (Å²) in [6, 6.07) is 7.32. The van der Waals surface area contributed by atoms with Gasteiger partial charge in [-0.2, -0.15) is 0 Å². The van der Waals surface area contributed by atoms with Crippen LogP contribution in [0, 0.1) is 20.8 Å². The Morgan fingerprint density at radius 3 is 2.20 bits per heavy atom. The van der Waals surface area contributed by atoms with E-state index >= 15 is 0 Å². The minimum Gasteiger partial charge on any atom is -0.325 e. The van der Waals surface area contributed by atoms with Crippen LogP contribution in [0.1, 0.15) is 16.7 Å². The number of nitrogens with zero attached hydrogens (tertiary/aromatic N) is 1. The monoisotopic (exact) mass is 359 g/mol. The highest BCUT2D eigenvalue weighted by atomic mass is 32.2. The first-order valence-corrected chi connectivity index (χ1v) is 9.26. The first kappa shape index (κ1) is 18.8. The van der Waals surface area contributed by atoms with E-state index in [1.807, 2.05) is 32.9 Å². The van der Waals surface area contributed by atoms with Gasteiger partial charge in [0.1, 0.15) is 11.5 Å². The number of carbonyl (C=O) groups is 2. The molecule has 0 bridgehead atoms. The smallest absolute Gasteiger partial charge is 0.237 e. The minimum atomic E-state index is -1.59. The Morgan fingerprint density at radius 1 is 1.04 bits per heavy atom. The molecule has 0 saturated heterocycles. The lowest BCUT2D eigenvalue weighted by molar-refractivity contribution is -0.114. The number of pyridine rings is 1. The molecule has 132 valence electrons. The third kappa shape index (κ3) is 5.79. The van der Waals surface area contributed by atoms with Crippen LogP contribution in [-0.2, 0) is 20.4 Å². The molecule has 2 N–H and O–H groups in total. The topological polar surface area (TPSA) is 88.2 Å². The Morgan fingerprint density at radius 2 is 1.64 bits per heavy atom. The standard InChI is InChI=1S/C18H21N3O3S/c1-12-7-13(2)18(14(3)8-12)21-17(23)11-25(24)10-16(22)20-15-5-4-6-19-9-15/h4-9H,10-11H2,1-3H3,(H,20,22)(H,21,23)/t25-/m0/s1. The van der Waals surface area contributed by atoms with E-state index in [9.17, 15) is 13.8 Å². The van der Waals surface area contributed by atoms with Crippen molar-refractivity contribution in [2.75, 3.05) is 22.1 Å². The molecule has 0 unspecified atom stereocenters. The van der Waals surface area contributed by atoms with E-state index in [2.05, 4.69) is 15.6 Å². The molecule has 2 aromatic rings. The largest absolute Gasteiger partial charge is 0.325 e. The second kappa shape index (κ2) is 8.53. The van der Waals surface area contributed by atoms with E-state index in [4.69, 9.17) is 0 Å². The number of anilines is 2. The van der Waals surface area contributed by atoms with Gasteiger partial charge in [0.25, 0.3) is 0 Å². The predicted octanol–water partition coefficient (Wildman–Crippen LogP) is 2.33. The van der Waals surface area contributed by atoms with Crippen LogP contribution >= 0.6 is 0 Å². The zero-order valence-corrected chi connectivity index (χ0v) is 15.3. The van der Waals surface area contributed by atoms with Gasteiger partial charge in [-0.25, -0.2) is 0 Å². The van der Waals surface area contributed by atoms with Crippen molar-refractivity contribution in [3.63, 3.8) is 0 Å². The number of nitrogens with one attached hydrogen (secondary N) is 2. The maximum atomic E-state index is 12.1. The molecular weight excluding hydrogens is 338 g/mol.